The van der Waals surface area contributed by atoms with Gasteiger partial charge in [-0.1, -0.05) is 35.3 Å². The Morgan fingerprint density at radius 3 is 2.56 bits per heavy atom. The molecular weight excluding hydrogens is 405 g/mol. The van der Waals surface area contributed by atoms with Crippen LogP contribution in [-0.2, 0) is 17.9 Å². The fraction of sp³-hybridized carbons (Fsp3) is 0.368. The summed E-state index contributed by atoms with van der Waals surface area (Å²) in [5.74, 6) is -0.0262. The quantitative estimate of drug-likeness (QED) is 0.794. The number of thiophene rings is 1. The van der Waals surface area contributed by atoms with Gasteiger partial charge in [0.05, 0.1) is 21.5 Å². The second-order valence-electron chi connectivity index (χ2n) is 6.46. The summed E-state index contributed by atoms with van der Waals surface area (Å²) in [5, 5.41) is 3.92. The minimum absolute atomic E-state index is 0.0505. The number of rotatable bonds is 5. The predicted molar refractivity (Wildman–Crippen MR) is 109 cm³/mol. The van der Waals surface area contributed by atoms with Crippen molar-refractivity contribution in [3.8, 4) is 0 Å². The van der Waals surface area contributed by atoms with Gasteiger partial charge in [-0.05, 0) is 23.8 Å². The maximum atomic E-state index is 12.7. The lowest BCUT2D eigenvalue weighted by atomic mass is 10.2. The third kappa shape index (κ3) is 5.23. The smallest absolute Gasteiger partial charge is 0.264 e. The van der Waals surface area contributed by atoms with Gasteiger partial charge in [0.15, 0.2) is 0 Å². The van der Waals surface area contributed by atoms with Crippen LogP contribution in [0.5, 0.6) is 0 Å². The zero-order valence-corrected chi connectivity index (χ0v) is 17.3. The Hall–Kier alpha value is -1.60. The molecule has 2 amide bonds. The van der Waals surface area contributed by atoms with Crippen LogP contribution in [0, 0.1) is 0 Å². The minimum atomic E-state index is -0.0767. The van der Waals surface area contributed by atoms with E-state index in [1.165, 1.54) is 18.3 Å². The molecule has 1 N–H and O–H groups in total. The lowest BCUT2D eigenvalue weighted by Crippen LogP contribution is -2.48. The average Bonchev–Trinajstić information content (AvgIpc) is 3.13. The van der Waals surface area contributed by atoms with Crippen molar-refractivity contribution >= 4 is 46.4 Å². The fourth-order valence-electron chi connectivity index (χ4n) is 2.98. The van der Waals surface area contributed by atoms with Crippen LogP contribution in [0.3, 0.4) is 0 Å². The number of benzene rings is 1. The number of nitrogens with zero attached hydrogens (tertiary/aromatic N) is 2. The Kier molecular flexibility index (Phi) is 6.76. The van der Waals surface area contributed by atoms with E-state index in [1.807, 2.05) is 29.2 Å². The Labute approximate surface area is 172 Å². The molecule has 3 rings (SSSR count). The van der Waals surface area contributed by atoms with Crippen molar-refractivity contribution in [2.75, 3.05) is 26.2 Å². The molecule has 0 saturated carbocycles. The summed E-state index contributed by atoms with van der Waals surface area (Å²) >= 11 is 13.8. The molecule has 0 bridgehead atoms. The third-order valence-electron chi connectivity index (χ3n) is 4.47. The summed E-state index contributed by atoms with van der Waals surface area (Å²) in [6.45, 7) is 5.60. The van der Waals surface area contributed by atoms with E-state index in [9.17, 15) is 9.59 Å². The number of carbonyl (C=O) groups excluding carboxylic acids is 2. The summed E-state index contributed by atoms with van der Waals surface area (Å²) < 4.78 is 0. The van der Waals surface area contributed by atoms with Crippen LogP contribution in [0.15, 0.2) is 30.3 Å². The molecule has 8 heteroatoms. The van der Waals surface area contributed by atoms with Crippen molar-refractivity contribution in [2.45, 2.75) is 20.0 Å². The predicted octanol–water partition coefficient (Wildman–Crippen LogP) is 3.65. The summed E-state index contributed by atoms with van der Waals surface area (Å²) in [6.07, 6.45) is 0. The van der Waals surface area contributed by atoms with Gasteiger partial charge in [0.1, 0.15) is 0 Å². The Morgan fingerprint density at radius 2 is 1.85 bits per heavy atom. The first-order valence-corrected chi connectivity index (χ1v) is 10.3. The van der Waals surface area contributed by atoms with Crippen LogP contribution < -0.4 is 5.32 Å². The number of carbonyl (C=O) groups is 2. The number of nitrogens with one attached hydrogen (secondary N) is 1. The van der Waals surface area contributed by atoms with E-state index in [-0.39, 0.29) is 11.8 Å². The van der Waals surface area contributed by atoms with E-state index in [1.54, 1.807) is 6.07 Å². The highest BCUT2D eigenvalue weighted by Crippen LogP contribution is 2.27. The topological polar surface area (TPSA) is 52.7 Å². The van der Waals surface area contributed by atoms with Crippen LogP contribution in [0.25, 0.3) is 0 Å². The average molecular weight is 426 g/mol. The summed E-state index contributed by atoms with van der Waals surface area (Å²) in [4.78, 5) is 29.6. The molecule has 0 atom stereocenters. The largest absolute Gasteiger partial charge is 0.351 e. The standard InChI is InChI=1S/C19H21Cl2N3O2S/c1-13(25)22-11-15-5-6-17(27-15)19(26)24-9-7-23(8-10-24)12-14-3-2-4-16(20)18(14)21/h2-6H,7-12H2,1H3,(H,22,25). The number of halogens is 2. The number of hydrogen-bond acceptors (Lipinski definition) is 4. The maximum absolute atomic E-state index is 12.7. The van der Waals surface area contributed by atoms with Gasteiger partial charge in [-0.2, -0.15) is 0 Å². The molecule has 0 unspecified atom stereocenters. The van der Waals surface area contributed by atoms with Crippen molar-refractivity contribution in [1.82, 2.24) is 15.1 Å². The second-order valence-corrected chi connectivity index (χ2v) is 8.41. The van der Waals surface area contributed by atoms with E-state index in [0.29, 0.717) is 34.6 Å². The first kappa shape index (κ1) is 20.1. The molecule has 27 heavy (non-hydrogen) atoms. The molecule has 2 heterocycles. The van der Waals surface area contributed by atoms with Gasteiger partial charge in [-0.25, -0.2) is 0 Å². The lowest BCUT2D eigenvalue weighted by molar-refractivity contribution is -0.119. The van der Waals surface area contributed by atoms with Crippen molar-refractivity contribution in [1.29, 1.82) is 0 Å². The highest BCUT2D eigenvalue weighted by Gasteiger charge is 2.23. The van der Waals surface area contributed by atoms with Gasteiger partial charge in [-0.3, -0.25) is 14.5 Å². The number of piperazine rings is 1. The number of hydrogen-bond donors (Lipinski definition) is 1. The van der Waals surface area contributed by atoms with Crippen LogP contribution in [0.2, 0.25) is 10.0 Å². The SMILES string of the molecule is CC(=O)NCc1ccc(C(=O)N2CCN(Cc3cccc(Cl)c3Cl)CC2)s1. The van der Waals surface area contributed by atoms with E-state index in [2.05, 4.69) is 10.2 Å². The van der Waals surface area contributed by atoms with Gasteiger partial charge < -0.3 is 10.2 Å². The summed E-state index contributed by atoms with van der Waals surface area (Å²) in [5.41, 5.74) is 1.00. The van der Waals surface area contributed by atoms with Gasteiger partial charge in [0, 0.05) is 44.5 Å². The Balaban J connectivity index is 1.53. The van der Waals surface area contributed by atoms with Crippen molar-refractivity contribution in [3.05, 3.63) is 55.7 Å². The molecule has 5 nitrogen and oxygen atoms in total. The maximum Gasteiger partial charge on any atom is 0.264 e. The van der Waals surface area contributed by atoms with Crippen LogP contribution >= 0.6 is 34.5 Å². The number of amides is 2. The van der Waals surface area contributed by atoms with E-state index >= 15 is 0 Å². The molecule has 144 valence electrons. The molecule has 1 aliphatic heterocycles. The van der Waals surface area contributed by atoms with Gasteiger partial charge in [0.2, 0.25) is 5.91 Å². The highest BCUT2D eigenvalue weighted by atomic mass is 35.5. The molecule has 1 aliphatic rings. The highest BCUT2D eigenvalue weighted by molar-refractivity contribution is 7.14. The third-order valence-corrected chi connectivity index (χ3v) is 6.40. The lowest BCUT2D eigenvalue weighted by Gasteiger charge is -2.34. The molecule has 0 spiro atoms. The zero-order valence-electron chi connectivity index (χ0n) is 15.0. The van der Waals surface area contributed by atoms with Gasteiger partial charge >= 0.3 is 0 Å². The van der Waals surface area contributed by atoms with Gasteiger partial charge in [-0.15, -0.1) is 11.3 Å². The second kappa shape index (κ2) is 9.06. The summed E-state index contributed by atoms with van der Waals surface area (Å²) in [6, 6.07) is 9.39. The molecule has 2 aromatic rings. The van der Waals surface area contributed by atoms with Crippen LogP contribution in [0.1, 0.15) is 27.0 Å². The molecule has 1 saturated heterocycles. The molecule has 1 fully saturated rings. The molecule has 1 aromatic carbocycles. The molecule has 0 aliphatic carbocycles. The van der Waals surface area contributed by atoms with E-state index in [4.69, 9.17) is 23.2 Å². The van der Waals surface area contributed by atoms with E-state index in [0.717, 1.165) is 30.1 Å². The first-order chi connectivity index (χ1) is 12.9. The van der Waals surface area contributed by atoms with Crippen LogP contribution in [0.4, 0.5) is 0 Å². The minimum Gasteiger partial charge on any atom is -0.351 e. The summed E-state index contributed by atoms with van der Waals surface area (Å²) in [7, 11) is 0. The molecular formula is C19H21Cl2N3O2S. The zero-order chi connectivity index (χ0) is 19.4. The molecule has 0 radical (unpaired) electrons. The Morgan fingerprint density at radius 1 is 1.11 bits per heavy atom. The van der Waals surface area contributed by atoms with Crippen molar-refractivity contribution in [3.63, 3.8) is 0 Å². The van der Waals surface area contributed by atoms with Crippen LogP contribution in [-0.4, -0.2) is 47.8 Å². The van der Waals surface area contributed by atoms with Crippen molar-refractivity contribution in [2.24, 2.45) is 0 Å². The fourth-order valence-corrected chi connectivity index (χ4v) is 4.27. The first-order valence-electron chi connectivity index (χ1n) is 8.71. The normalized spacial score (nSPS) is 15.0. The van der Waals surface area contributed by atoms with Crippen molar-refractivity contribution < 1.29 is 9.59 Å². The van der Waals surface area contributed by atoms with Gasteiger partial charge in [0.25, 0.3) is 5.91 Å². The Bertz CT molecular complexity index is 832. The van der Waals surface area contributed by atoms with E-state index < -0.39 is 0 Å². The molecule has 1 aromatic heterocycles. The monoisotopic (exact) mass is 425 g/mol.